The van der Waals surface area contributed by atoms with Crippen LogP contribution >= 0.6 is 11.3 Å². The maximum Gasteiger partial charge on any atom is 0.338 e. The topological polar surface area (TPSA) is 113 Å². The number of carboxylic acid groups (broad SMARTS) is 2. The van der Waals surface area contributed by atoms with Gasteiger partial charge in [0.05, 0.1) is 17.2 Å². The molecule has 1 aliphatic heterocycles. The lowest BCUT2D eigenvalue weighted by atomic mass is 9.84. The van der Waals surface area contributed by atoms with Crippen molar-refractivity contribution in [3.63, 3.8) is 0 Å². The molecule has 0 saturated carbocycles. The van der Waals surface area contributed by atoms with Gasteiger partial charge in [0.15, 0.2) is 0 Å². The van der Waals surface area contributed by atoms with Crippen LogP contribution < -0.4 is 5.73 Å². The molecule has 9 heteroatoms. The molecule has 0 saturated heterocycles. The van der Waals surface area contributed by atoms with Crippen molar-refractivity contribution in [2.75, 3.05) is 26.9 Å². The lowest BCUT2D eigenvalue weighted by molar-refractivity contribution is -0.134. The highest BCUT2D eigenvalue weighted by Crippen LogP contribution is 2.44. The molecule has 1 atom stereocenters. The molecule has 1 unspecified atom stereocenters. The van der Waals surface area contributed by atoms with Gasteiger partial charge < -0.3 is 25.6 Å². The van der Waals surface area contributed by atoms with Gasteiger partial charge in [-0.05, 0) is 23.9 Å². The lowest BCUT2D eigenvalue weighted by Crippen LogP contribution is -2.36. The van der Waals surface area contributed by atoms with Gasteiger partial charge in [-0.15, -0.1) is 11.3 Å². The average Bonchev–Trinajstić information content (AvgIpc) is 2.97. The van der Waals surface area contributed by atoms with Crippen LogP contribution in [0.5, 0.6) is 0 Å². The molecule has 2 heterocycles. The van der Waals surface area contributed by atoms with E-state index in [2.05, 4.69) is 0 Å². The van der Waals surface area contributed by atoms with Crippen molar-refractivity contribution >= 4 is 23.3 Å². The van der Waals surface area contributed by atoms with Crippen molar-refractivity contribution in [2.24, 2.45) is 5.73 Å². The summed E-state index contributed by atoms with van der Waals surface area (Å²) in [5.74, 6) is -3.90. The van der Waals surface area contributed by atoms with E-state index in [1.54, 1.807) is 18.4 Å². The number of allylic oxidation sites excluding steroid dienone is 1. The number of alkyl halides is 1. The zero-order valence-electron chi connectivity index (χ0n) is 13.8. The number of nitrogens with two attached hydrogens (primary N) is 1. The van der Waals surface area contributed by atoms with E-state index in [0.717, 1.165) is 10.5 Å². The van der Waals surface area contributed by atoms with Crippen molar-refractivity contribution in [3.8, 4) is 0 Å². The molecule has 0 bridgehead atoms. The minimum absolute atomic E-state index is 0.0224. The Morgan fingerprint density at radius 2 is 2.00 bits per heavy atom. The second kappa shape index (κ2) is 7.66. The van der Waals surface area contributed by atoms with Gasteiger partial charge in [0.1, 0.15) is 18.9 Å². The number of hydrogen-bond acceptors (Lipinski definition) is 6. The van der Waals surface area contributed by atoms with Gasteiger partial charge in [-0.1, -0.05) is 0 Å². The largest absolute Gasteiger partial charge is 0.478 e. The highest BCUT2D eigenvalue weighted by atomic mass is 32.1. The lowest BCUT2D eigenvalue weighted by Gasteiger charge is -2.35. The van der Waals surface area contributed by atoms with Gasteiger partial charge in [-0.25, -0.2) is 14.0 Å². The van der Waals surface area contributed by atoms with Gasteiger partial charge in [-0.3, -0.25) is 0 Å². The fraction of sp³-hybridized carbons (Fsp3) is 0.375. The Kier molecular flexibility index (Phi) is 5.81. The molecule has 1 aromatic heterocycles. The molecule has 7 nitrogen and oxygen atoms in total. The number of aryl methyl sites for hydroxylation is 1. The van der Waals surface area contributed by atoms with Crippen LogP contribution in [0.4, 0.5) is 4.39 Å². The van der Waals surface area contributed by atoms with E-state index in [1.807, 2.05) is 0 Å². The molecule has 1 aliphatic rings. The van der Waals surface area contributed by atoms with E-state index in [9.17, 15) is 24.2 Å². The molecule has 2 rings (SSSR count). The van der Waals surface area contributed by atoms with E-state index in [0.29, 0.717) is 4.88 Å². The third kappa shape index (κ3) is 3.38. The summed E-state index contributed by atoms with van der Waals surface area (Å²) in [5.41, 5.74) is 5.47. The Hall–Kier alpha value is -2.39. The Morgan fingerprint density at radius 1 is 1.36 bits per heavy atom. The predicted molar refractivity (Wildman–Crippen MR) is 89.9 cm³/mol. The standard InChI is InChI=1S/C16H19FN2O5S/c1-8-3-6-25-13(8)11-10(15(20)21)9(7-17)19(2)14(24-5-4-18)12(11)16(22)23/h3,6,11H,4-5,7,18H2,1-2H3,(H,20,21)(H,22,23). The predicted octanol–water partition coefficient (Wildman–Crippen LogP) is 1.67. The molecule has 0 spiro atoms. The quantitative estimate of drug-likeness (QED) is 0.669. The first kappa shape index (κ1) is 18.9. The molecular weight excluding hydrogens is 351 g/mol. The van der Waals surface area contributed by atoms with Crippen molar-refractivity contribution in [3.05, 3.63) is 44.6 Å². The molecular formula is C16H19FN2O5S. The van der Waals surface area contributed by atoms with Crippen LogP contribution in [0.25, 0.3) is 0 Å². The van der Waals surface area contributed by atoms with Gasteiger partial charge in [0.2, 0.25) is 5.88 Å². The van der Waals surface area contributed by atoms with E-state index in [1.165, 1.54) is 18.4 Å². The summed E-state index contributed by atoms with van der Waals surface area (Å²) < 4.78 is 19.1. The number of carbonyl (C=O) groups is 2. The fourth-order valence-electron chi connectivity index (χ4n) is 2.81. The van der Waals surface area contributed by atoms with Crippen LogP contribution in [0, 0.1) is 6.92 Å². The van der Waals surface area contributed by atoms with E-state index >= 15 is 0 Å². The number of halogens is 1. The van der Waals surface area contributed by atoms with E-state index in [-0.39, 0.29) is 35.9 Å². The third-order valence-corrected chi connectivity index (χ3v) is 5.02. The molecule has 0 amide bonds. The zero-order chi connectivity index (χ0) is 18.7. The first-order chi connectivity index (χ1) is 11.8. The smallest absolute Gasteiger partial charge is 0.338 e. The maximum absolute atomic E-state index is 13.7. The van der Waals surface area contributed by atoms with Crippen LogP contribution in [0.15, 0.2) is 34.2 Å². The van der Waals surface area contributed by atoms with Crippen molar-refractivity contribution in [2.45, 2.75) is 12.8 Å². The molecule has 0 aliphatic carbocycles. The number of nitrogens with zero attached hydrogens (tertiary/aromatic N) is 1. The Morgan fingerprint density at radius 3 is 2.44 bits per heavy atom. The number of carboxylic acids is 2. The SMILES string of the molecule is Cc1ccsc1C1C(C(=O)O)=C(CF)N(C)C(OCCN)=C1C(=O)O. The minimum Gasteiger partial charge on any atom is -0.478 e. The van der Waals surface area contributed by atoms with E-state index in [4.69, 9.17) is 10.5 Å². The number of aliphatic carboxylic acids is 2. The highest BCUT2D eigenvalue weighted by molar-refractivity contribution is 7.10. The van der Waals surface area contributed by atoms with E-state index < -0.39 is 24.5 Å². The summed E-state index contributed by atoms with van der Waals surface area (Å²) in [7, 11) is 1.38. The van der Waals surface area contributed by atoms with Crippen LogP contribution in [0.1, 0.15) is 16.4 Å². The van der Waals surface area contributed by atoms with Crippen LogP contribution in [-0.4, -0.2) is 53.9 Å². The number of thiophene rings is 1. The first-order valence-electron chi connectivity index (χ1n) is 7.45. The first-order valence-corrected chi connectivity index (χ1v) is 8.33. The van der Waals surface area contributed by atoms with Crippen LogP contribution in [0.2, 0.25) is 0 Å². The van der Waals surface area contributed by atoms with Gasteiger partial charge in [-0.2, -0.15) is 0 Å². The molecule has 1 aromatic rings. The van der Waals surface area contributed by atoms with Crippen LogP contribution in [0.3, 0.4) is 0 Å². The van der Waals surface area contributed by atoms with Crippen LogP contribution in [-0.2, 0) is 14.3 Å². The summed E-state index contributed by atoms with van der Waals surface area (Å²) in [5, 5.41) is 21.1. The normalized spacial score (nSPS) is 17.9. The summed E-state index contributed by atoms with van der Waals surface area (Å²) in [6.45, 7) is 0.835. The fourth-order valence-corrected chi connectivity index (χ4v) is 3.86. The molecule has 25 heavy (non-hydrogen) atoms. The summed E-state index contributed by atoms with van der Waals surface area (Å²) in [6, 6.07) is 1.76. The number of ether oxygens (including phenoxy) is 1. The zero-order valence-corrected chi connectivity index (χ0v) is 14.6. The summed E-state index contributed by atoms with van der Waals surface area (Å²) >= 11 is 1.22. The molecule has 0 aromatic carbocycles. The second-order valence-corrected chi connectivity index (χ2v) is 6.37. The number of rotatable bonds is 7. The molecule has 0 radical (unpaired) electrons. The monoisotopic (exact) mass is 370 g/mol. The Bertz CT molecular complexity index is 755. The third-order valence-electron chi connectivity index (χ3n) is 3.94. The van der Waals surface area contributed by atoms with Crippen molar-refractivity contribution < 1.29 is 28.9 Å². The van der Waals surface area contributed by atoms with Gasteiger partial charge in [0.25, 0.3) is 0 Å². The number of hydrogen-bond donors (Lipinski definition) is 3. The molecule has 4 N–H and O–H groups in total. The Balaban J connectivity index is 2.78. The molecule has 136 valence electrons. The van der Waals surface area contributed by atoms with Crippen molar-refractivity contribution in [1.82, 2.24) is 4.90 Å². The highest BCUT2D eigenvalue weighted by Gasteiger charge is 2.43. The van der Waals surface area contributed by atoms with Gasteiger partial charge in [0, 0.05) is 18.5 Å². The Labute approximate surface area is 147 Å². The minimum atomic E-state index is -1.37. The summed E-state index contributed by atoms with van der Waals surface area (Å²) in [6.07, 6.45) is 0. The second-order valence-electron chi connectivity index (χ2n) is 5.42. The van der Waals surface area contributed by atoms with Crippen molar-refractivity contribution in [1.29, 1.82) is 0 Å². The summed E-state index contributed by atoms with van der Waals surface area (Å²) in [4.78, 5) is 25.5. The molecule has 0 fully saturated rings. The van der Waals surface area contributed by atoms with Gasteiger partial charge >= 0.3 is 11.9 Å². The average molecular weight is 370 g/mol. The maximum atomic E-state index is 13.7.